The molecule has 2 fully saturated rings. The van der Waals surface area contributed by atoms with Gasteiger partial charge in [-0.3, -0.25) is 9.59 Å². The number of nitrogens with zero attached hydrogens (tertiary/aromatic N) is 1. The number of piperidine rings is 1. The van der Waals surface area contributed by atoms with Gasteiger partial charge in [-0.15, -0.1) is 12.4 Å². The van der Waals surface area contributed by atoms with Gasteiger partial charge in [-0.25, -0.2) is 0 Å². The zero-order chi connectivity index (χ0) is 17.5. The lowest BCUT2D eigenvalue weighted by Gasteiger charge is -2.34. The molecule has 2 N–H and O–H groups in total. The molecule has 2 aliphatic heterocycles. The normalized spacial score (nSPS) is 23.2. The Balaban J connectivity index is 0.00000243. The first-order chi connectivity index (χ1) is 12.2. The maximum absolute atomic E-state index is 12.6. The van der Waals surface area contributed by atoms with Crippen molar-refractivity contribution in [2.45, 2.75) is 31.8 Å². The van der Waals surface area contributed by atoms with Crippen molar-refractivity contribution in [1.29, 1.82) is 0 Å². The second kappa shape index (κ2) is 10.5. The molecule has 1 aromatic carbocycles. The Morgan fingerprint density at radius 1 is 1.31 bits per heavy atom. The summed E-state index contributed by atoms with van der Waals surface area (Å²) in [5.41, 5.74) is 1.02. The van der Waals surface area contributed by atoms with Gasteiger partial charge < -0.3 is 20.3 Å². The summed E-state index contributed by atoms with van der Waals surface area (Å²) >= 11 is 0. The predicted octanol–water partition coefficient (Wildman–Crippen LogP) is 1.34. The van der Waals surface area contributed by atoms with Crippen molar-refractivity contribution in [3.63, 3.8) is 0 Å². The van der Waals surface area contributed by atoms with E-state index in [1.165, 1.54) is 12.8 Å². The molecule has 144 valence electrons. The molecule has 0 radical (unpaired) electrons. The van der Waals surface area contributed by atoms with E-state index in [-0.39, 0.29) is 37.4 Å². The zero-order valence-electron chi connectivity index (χ0n) is 15.0. The molecule has 0 bridgehead atoms. The molecular formula is C19H28ClN3O3. The van der Waals surface area contributed by atoms with Gasteiger partial charge in [-0.1, -0.05) is 30.3 Å². The topological polar surface area (TPSA) is 70.7 Å². The molecule has 2 atom stereocenters. The fourth-order valence-corrected chi connectivity index (χ4v) is 3.49. The summed E-state index contributed by atoms with van der Waals surface area (Å²) in [6.07, 6.45) is 3.39. The van der Waals surface area contributed by atoms with Gasteiger partial charge in [-0.2, -0.15) is 0 Å². The Morgan fingerprint density at radius 3 is 2.85 bits per heavy atom. The summed E-state index contributed by atoms with van der Waals surface area (Å²) in [6.45, 7) is 3.52. The third-order valence-electron chi connectivity index (χ3n) is 4.95. The number of amides is 2. The number of benzene rings is 1. The first-order valence-electron chi connectivity index (χ1n) is 9.13. The van der Waals surface area contributed by atoms with E-state index in [0.29, 0.717) is 19.0 Å². The molecule has 2 amide bonds. The maximum Gasteiger partial charge on any atom is 0.249 e. The highest BCUT2D eigenvalue weighted by atomic mass is 35.5. The highest BCUT2D eigenvalue weighted by Crippen LogP contribution is 2.15. The number of carbonyl (C=O) groups is 2. The number of nitrogens with one attached hydrogen (secondary N) is 2. The van der Waals surface area contributed by atoms with Crippen LogP contribution in [0.2, 0.25) is 0 Å². The van der Waals surface area contributed by atoms with Crippen molar-refractivity contribution >= 4 is 24.2 Å². The van der Waals surface area contributed by atoms with Crippen molar-refractivity contribution in [1.82, 2.24) is 15.5 Å². The van der Waals surface area contributed by atoms with Gasteiger partial charge in [0.25, 0.3) is 0 Å². The zero-order valence-corrected chi connectivity index (χ0v) is 15.8. The molecule has 0 aliphatic carbocycles. The Labute approximate surface area is 161 Å². The van der Waals surface area contributed by atoms with Crippen molar-refractivity contribution < 1.29 is 14.3 Å². The van der Waals surface area contributed by atoms with Crippen molar-refractivity contribution in [2.75, 3.05) is 32.8 Å². The number of carbonyl (C=O) groups excluding carboxylic acids is 2. The Bertz CT molecular complexity index is 579. The molecule has 0 spiro atoms. The molecule has 2 heterocycles. The standard InChI is InChI=1S/C19H27N3O3.ClH/c23-18-14-25-13-17(22(18)12-16-5-2-1-3-6-16)19(24)21-10-8-15-7-4-9-20-11-15;/h1-3,5-6,15,17,20H,4,7-14H2,(H,21,24);1H/t15?,17-;/m1./s1. The van der Waals surface area contributed by atoms with E-state index in [2.05, 4.69) is 10.6 Å². The summed E-state index contributed by atoms with van der Waals surface area (Å²) in [4.78, 5) is 26.5. The molecular weight excluding hydrogens is 354 g/mol. The molecule has 2 saturated heterocycles. The first kappa shape index (κ1) is 20.7. The minimum Gasteiger partial charge on any atom is -0.369 e. The van der Waals surface area contributed by atoms with Crippen LogP contribution in [-0.2, 0) is 20.9 Å². The largest absolute Gasteiger partial charge is 0.369 e. The second-order valence-electron chi connectivity index (χ2n) is 6.83. The smallest absolute Gasteiger partial charge is 0.249 e. The van der Waals surface area contributed by atoms with E-state index in [9.17, 15) is 9.59 Å². The number of halogens is 1. The number of ether oxygens (including phenoxy) is 1. The summed E-state index contributed by atoms with van der Waals surface area (Å²) in [5, 5.41) is 6.39. The third-order valence-corrected chi connectivity index (χ3v) is 4.95. The first-order valence-corrected chi connectivity index (χ1v) is 9.13. The van der Waals surface area contributed by atoms with E-state index >= 15 is 0 Å². The van der Waals surface area contributed by atoms with E-state index in [4.69, 9.17) is 4.74 Å². The summed E-state index contributed by atoms with van der Waals surface area (Å²) in [7, 11) is 0. The Kier molecular flexibility index (Phi) is 8.35. The van der Waals surface area contributed by atoms with Crippen LogP contribution >= 0.6 is 12.4 Å². The molecule has 6 nitrogen and oxygen atoms in total. The monoisotopic (exact) mass is 381 g/mol. The molecule has 1 aromatic rings. The van der Waals surface area contributed by atoms with Gasteiger partial charge in [0.05, 0.1) is 6.61 Å². The average Bonchev–Trinajstić information content (AvgIpc) is 2.65. The average molecular weight is 382 g/mol. The van der Waals surface area contributed by atoms with Gasteiger partial charge in [0, 0.05) is 13.1 Å². The highest BCUT2D eigenvalue weighted by molar-refractivity contribution is 5.89. The van der Waals surface area contributed by atoms with E-state index in [1.54, 1.807) is 4.90 Å². The number of hydrogen-bond acceptors (Lipinski definition) is 4. The number of hydrogen-bond donors (Lipinski definition) is 2. The molecule has 2 aliphatic rings. The number of morpholine rings is 1. The van der Waals surface area contributed by atoms with Gasteiger partial charge in [0.15, 0.2) is 0 Å². The van der Waals surface area contributed by atoms with Crippen molar-refractivity contribution in [3.05, 3.63) is 35.9 Å². The molecule has 0 aromatic heterocycles. The summed E-state index contributed by atoms with van der Waals surface area (Å²) in [6, 6.07) is 9.20. The van der Waals surface area contributed by atoms with Crippen LogP contribution in [0.15, 0.2) is 30.3 Å². The lowest BCUT2D eigenvalue weighted by atomic mass is 9.96. The van der Waals surface area contributed by atoms with Crippen LogP contribution in [0, 0.1) is 5.92 Å². The minimum atomic E-state index is -0.550. The minimum absolute atomic E-state index is 0. The SMILES string of the molecule is Cl.O=C(NCCC1CCCNC1)[C@H]1COCC(=O)N1Cc1ccccc1. The highest BCUT2D eigenvalue weighted by Gasteiger charge is 2.33. The maximum atomic E-state index is 12.6. The van der Waals surface area contributed by atoms with Gasteiger partial charge in [0.1, 0.15) is 12.6 Å². The van der Waals surface area contributed by atoms with Crippen LogP contribution in [0.3, 0.4) is 0 Å². The van der Waals surface area contributed by atoms with Crippen molar-refractivity contribution in [3.8, 4) is 0 Å². The fourth-order valence-electron chi connectivity index (χ4n) is 3.49. The molecule has 3 rings (SSSR count). The summed E-state index contributed by atoms with van der Waals surface area (Å²) < 4.78 is 5.32. The van der Waals surface area contributed by atoms with Crippen molar-refractivity contribution in [2.24, 2.45) is 5.92 Å². The van der Waals surface area contributed by atoms with Crippen LogP contribution in [-0.4, -0.2) is 55.6 Å². The molecule has 1 unspecified atom stereocenters. The van der Waals surface area contributed by atoms with Crippen LogP contribution < -0.4 is 10.6 Å². The van der Waals surface area contributed by atoms with Crippen LogP contribution in [0.25, 0.3) is 0 Å². The van der Waals surface area contributed by atoms with Crippen LogP contribution in [0.5, 0.6) is 0 Å². The fraction of sp³-hybridized carbons (Fsp3) is 0.579. The molecule has 26 heavy (non-hydrogen) atoms. The second-order valence-corrected chi connectivity index (χ2v) is 6.83. The van der Waals surface area contributed by atoms with Gasteiger partial charge >= 0.3 is 0 Å². The quantitative estimate of drug-likeness (QED) is 0.780. The van der Waals surface area contributed by atoms with Gasteiger partial charge in [-0.05, 0) is 43.8 Å². The van der Waals surface area contributed by atoms with E-state index < -0.39 is 6.04 Å². The molecule has 7 heteroatoms. The third kappa shape index (κ3) is 5.69. The van der Waals surface area contributed by atoms with Gasteiger partial charge in [0.2, 0.25) is 11.8 Å². The van der Waals surface area contributed by atoms with Crippen LogP contribution in [0.1, 0.15) is 24.8 Å². The predicted molar refractivity (Wildman–Crippen MR) is 102 cm³/mol. The molecule has 0 saturated carbocycles. The Hall–Kier alpha value is -1.63. The summed E-state index contributed by atoms with van der Waals surface area (Å²) in [5.74, 6) is 0.373. The number of rotatable bonds is 6. The van der Waals surface area contributed by atoms with E-state index in [1.807, 2.05) is 30.3 Å². The van der Waals surface area contributed by atoms with E-state index in [0.717, 1.165) is 25.1 Å². The Morgan fingerprint density at radius 2 is 2.12 bits per heavy atom. The lowest BCUT2D eigenvalue weighted by molar-refractivity contribution is -0.155. The van der Waals surface area contributed by atoms with Crippen LogP contribution in [0.4, 0.5) is 0 Å². The lowest BCUT2D eigenvalue weighted by Crippen LogP contribution is -2.56.